The van der Waals surface area contributed by atoms with E-state index in [2.05, 4.69) is 9.88 Å². The summed E-state index contributed by atoms with van der Waals surface area (Å²) < 4.78 is 15.2. The van der Waals surface area contributed by atoms with Crippen molar-refractivity contribution < 1.29 is 14.0 Å². The highest BCUT2D eigenvalue weighted by Crippen LogP contribution is 2.30. The number of carbonyl (C=O) groups excluding carboxylic acids is 2. The van der Waals surface area contributed by atoms with Crippen LogP contribution in [0.3, 0.4) is 0 Å². The molecule has 2 aromatic carbocycles. The molecule has 178 valence electrons. The van der Waals surface area contributed by atoms with Crippen LogP contribution in [0.15, 0.2) is 52.9 Å². The number of anilines is 1. The van der Waals surface area contributed by atoms with Crippen LogP contribution in [0.2, 0.25) is 0 Å². The molecular formula is C25H27FN4O2S2. The number of nitrogens with zero attached hydrogens (tertiary/aromatic N) is 4. The van der Waals surface area contributed by atoms with Gasteiger partial charge in [-0.2, -0.15) is 0 Å². The first-order valence-electron chi connectivity index (χ1n) is 11.6. The fourth-order valence-electron chi connectivity index (χ4n) is 4.60. The van der Waals surface area contributed by atoms with Crippen molar-refractivity contribution in [2.75, 3.05) is 49.9 Å². The van der Waals surface area contributed by atoms with E-state index >= 15 is 0 Å². The van der Waals surface area contributed by atoms with E-state index in [1.165, 1.54) is 23.9 Å². The number of rotatable bonds is 5. The summed E-state index contributed by atoms with van der Waals surface area (Å²) in [5.41, 5.74) is 1.96. The minimum Gasteiger partial charge on any atom is -0.368 e. The molecular weight excluding hydrogens is 471 g/mol. The van der Waals surface area contributed by atoms with Crippen LogP contribution in [0.4, 0.5) is 10.1 Å². The molecule has 2 fully saturated rings. The van der Waals surface area contributed by atoms with Gasteiger partial charge in [-0.15, -0.1) is 11.3 Å². The molecule has 2 aliphatic heterocycles. The van der Waals surface area contributed by atoms with Crippen molar-refractivity contribution in [3.05, 3.63) is 54.3 Å². The Hall–Kier alpha value is -2.65. The van der Waals surface area contributed by atoms with Crippen LogP contribution >= 0.6 is 23.1 Å². The number of hydrogen-bond acceptors (Lipinski definition) is 6. The second-order valence-electron chi connectivity index (χ2n) is 8.68. The summed E-state index contributed by atoms with van der Waals surface area (Å²) in [7, 11) is 0. The lowest BCUT2D eigenvalue weighted by molar-refractivity contribution is -0.140. The Labute approximate surface area is 206 Å². The van der Waals surface area contributed by atoms with E-state index in [1.54, 1.807) is 23.5 Å². The SMILES string of the molecule is O=C(CSc1nc2ccccc2s1)N1CCC(C(=O)N2CCN(c3ccc(F)cc3)CC2)CC1. The molecule has 0 radical (unpaired) electrons. The number of carbonyl (C=O) groups is 2. The highest BCUT2D eigenvalue weighted by Gasteiger charge is 2.31. The first-order valence-corrected chi connectivity index (χ1v) is 13.4. The van der Waals surface area contributed by atoms with Gasteiger partial charge >= 0.3 is 0 Å². The van der Waals surface area contributed by atoms with Gasteiger partial charge in [0.25, 0.3) is 0 Å². The van der Waals surface area contributed by atoms with E-state index < -0.39 is 0 Å². The summed E-state index contributed by atoms with van der Waals surface area (Å²) >= 11 is 3.11. The topological polar surface area (TPSA) is 56.8 Å². The van der Waals surface area contributed by atoms with Gasteiger partial charge < -0.3 is 14.7 Å². The normalized spacial score (nSPS) is 17.4. The summed E-state index contributed by atoms with van der Waals surface area (Å²) in [5, 5.41) is 0. The molecule has 0 N–H and O–H groups in total. The van der Waals surface area contributed by atoms with Gasteiger partial charge in [-0.25, -0.2) is 9.37 Å². The summed E-state index contributed by atoms with van der Waals surface area (Å²) in [6.45, 7) is 4.11. The third-order valence-electron chi connectivity index (χ3n) is 6.57. The quantitative estimate of drug-likeness (QED) is 0.496. The van der Waals surface area contributed by atoms with Crippen molar-refractivity contribution in [2.24, 2.45) is 5.92 Å². The van der Waals surface area contributed by atoms with Gasteiger partial charge in [-0.3, -0.25) is 9.59 Å². The second-order valence-corrected chi connectivity index (χ2v) is 10.9. The molecule has 0 saturated carbocycles. The van der Waals surface area contributed by atoms with E-state index in [0.717, 1.165) is 33.3 Å². The average Bonchev–Trinajstić information content (AvgIpc) is 3.31. The first-order chi connectivity index (χ1) is 16.6. The molecule has 2 aliphatic rings. The summed E-state index contributed by atoms with van der Waals surface area (Å²) in [6.07, 6.45) is 1.43. The highest BCUT2D eigenvalue weighted by atomic mass is 32.2. The van der Waals surface area contributed by atoms with Crippen molar-refractivity contribution >= 4 is 50.8 Å². The zero-order valence-electron chi connectivity index (χ0n) is 18.9. The van der Waals surface area contributed by atoms with E-state index in [1.807, 2.05) is 34.1 Å². The Balaban J connectivity index is 1.06. The molecule has 3 heterocycles. The maximum absolute atomic E-state index is 13.2. The van der Waals surface area contributed by atoms with Crippen LogP contribution in [0.1, 0.15) is 12.8 Å². The lowest BCUT2D eigenvalue weighted by Gasteiger charge is -2.39. The summed E-state index contributed by atoms with van der Waals surface area (Å²) in [4.78, 5) is 36.4. The fraction of sp³-hybridized carbons (Fsp3) is 0.400. The number of para-hydroxylation sites is 1. The summed E-state index contributed by atoms with van der Waals surface area (Å²) in [5.74, 6) is 0.442. The van der Waals surface area contributed by atoms with Crippen LogP contribution in [0.25, 0.3) is 10.2 Å². The number of amides is 2. The number of piperazine rings is 1. The van der Waals surface area contributed by atoms with Crippen molar-refractivity contribution in [1.29, 1.82) is 0 Å². The molecule has 0 bridgehead atoms. The monoisotopic (exact) mass is 498 g/mol. The van der Waals surface area contributed by atoms with E-state index in [9.17, 15) is 14.0 Å². The highest BCUT2D eigenvalue weighted by molar-refractivity contribution is 8.01. The predicted molar refractivity (Wildman–Crippen MR) is 135 cm³/mol. The Kier molecular flexibility index (Phi) is 7.01. The van der Waals surface area contributed by atoms with E-state index in [-0.39, 0.29) is 23.5 Å². The molecule has 0 aliphatic carbocycles. The Morgan fingerprint density at radius 1 is 0.941 bits per heavy atom. The molecule has 6 nitrogen and oxygen atoms in total. The number of likely N-dealkylation sites (tertiary alicyclic amines) is 1. The number of hydrogen-bond donors (Lipinski definition) is 0. The molecule has 0 unspecified atom stereocenters. The molecule has 9 heteroatoms. The molecule has 2 amide bonds. The zero-order chi connectivity index (χ0) is 23.5. The largest absolute Gasteiger partial charge is 0.368 e. The smallest absolute Gasteiger partial charge is 0.233 e. The lowest BCUT2D eigenvalue weighted by Crippen LogP contribution is -2.52. The molecule has 3 aromatic rings. The van der Waals surface area contributed by atoms with E-state index in [0.29, 0.717) is 44.8 Å². The van der Waals surface area contributed by atoms with Crippen LogP contribution in [0.5, 0.6) is 0 Å². The Bertz CT molecular complexity index is 1120. The molecule has 5 rings (SSSR count). The summed E-state index contributed by atoms with van der Waals surface area (Å²) in [6, 6.07) is 14.5. The van der Waals surface area contributed by atoms with E-state index in [4.69, 9.17) is 0 Å². The van der Waals surface area contributed by atoms with Crippen LogP contribution in [-0.2, 0) is 9.59 Å². The van der Waals surface area contributed by atoms with Gasteiger partial charge in [0.15, 0.2) is 4.34 Å². The van der Waals surface area contributed by atoms with Gasteiger partial charge in [-0.05, 0) is 49.2 Å². The standard InChI is InChI=1S/C25H27FN4O2S2/c26-19-5-7-20(8-6-19)28-13-15-30(16-14-28)24(32)18-9-11-29(12-10-18)23(31)17-33-25-27-21-3-1-2-4-22(21)34-25/h1-8,18H,9-17H2. The molecule has 1 aromatic heterocycles. The maximum atomic E-state index is 13.2. The molecule has 0 atom stereocenters. The maximum Gasteiger partial charge on any atom is 0.233 e. The number of thiazole rings is 1. The third-order valence-corrected chi connectivity index (χ3v) is 8.74. The number of aromatic nitrogens is 1. The van der Waals surface area contributed by atoms with Gasteiger partial charge in [0, 0.05) is 50.9 Å². The van der Waals surface area contributed by atoms with Crippen molar-refractivity contribution in [2.45, 2.75) is 17.2 Å². The fourth-order valence-corrected chi connectivity index (χ4v) is 6.57. The van der Waals surface area contributed by atoms with Gasteiger partial charge in [0.1, 0.15) is 5.82 Å². The molecule has 0 spiro atoms. The number of halogens is 1. The second kappa shape index (κ2) is 10.3. The van der Waals surface area contributed by atoms with Crippen LogP contribution in [0, 0.1) is 11.7 Å². The minimum atomic E-state index is -0.238. The number of thioether (sulfide) groups is 1. The van der Waals surface area contributed by atoms with Crippen molar-refractivity contribution in [3.8, 4) is 0 Å². The molecule has 2 saturated heterocycles. The lowest BCUT2D eigenvalue weighted by atomic mass is 9.95. The van der Waals surface area contributed by atoms with Crippen LogP contribution < -0.4 is 4.90 Å². The number of piperidine rings is 1. The number of fused-ring (bicyclic) bond motifs is 1. The Morgan fingerprint density at radius 2 is 1.65 bits per heavy atom. The van der Waals surface area contributed by atoms with Crippen LogP contribution in [-0.4, -0.2) is 71.6 Å². The average molecular weight is 499 g/mol. The third kappa shape index (κ3) is 5.20. The minimum absolute atomic E-state index is 0.0154. The number of benzene rings is 2. The van der Waals surface area contributed by atoms with Gasteiger partial charge in [0.2, 0.25) is 11.8 Å². The predicted octanol–water partition coefficient (Wildman–Crippen LogP) is 4.11. The Morgan fingerprint density at radius 3 is 2.35 bits per heavy atom. The van der Waals surface area contributed by atoms with Crippen molar-refractivity contribution in [1.82, 2.24) is 14.8 Å². The van der Waals surface area contributed by atoms with Gasteiger partial charge in [0.05, 0.1) is 16.0 Å². The zero-order valence-corrected chi connectivity index (χ0v) is 20.5. The molecule has 34 heavy (non-hydrogen) atoms. The van der Waals surface area contributed by atoms with Gasteiger partial charge in [-0.1, -0.05) is 23.9 Å². The first kappa shape index (κ1) is 23.1. The van der Waals surface area contributed by atoms with Crippen molar-refractivity contribution in [3.63, 3.8) is 0 Å².